The van der Waals surface area contributed by atoms with Crippen molar-refractivity contribution in [2.75, 3.05) is 6.54 Å². The van der Waals surface area contributed by atoms with Gasteiger partial charge < -0.3 is 15.4 Å². The van der Waals surface area contributed by atoms with E-state index >= 15 is 0 Å². The van der Waals surface area contributed by atoms with E-state index in [1.54, 1.807) is 18.1 Å². The van der Waals surface area contributed by atoms with E-state index < -0.39 is 11.5 Å². The third kappa shape index (κ3) is 2.60. The number of nitrogens with one attached hydrogen (secondary N) is 2. The minimum atomic E-state index is -0.799. The van der Waals surface area contributed by atoms with Gasteiger partial charge in [0, 0.05) is 5.25 Å². The molecule has 0 aromatic carbocycles. The summed E-state index contributed by atoms with van der Waals surface area (Å²) >= 11 is 1.61. The van der Waals surface area contributed by atoms with Crippen molar-refractivity contribution in [3.63, 3.8) is 0 Å². The molecule has 0 spiro atoms. The predicted molar refractivity (Wildman–Crippen MR) is 79.2 cm³/mol. The number of aromatic nitrogens is 4. The monoisotopic (exact) mass is 307 g/mol. The van der Waals surface area contributed by atoms with Gasteiger partial charge in [0.2, 0.25) is 0 Å². The molecular formula is C13H17N5O2S. The molecule has 2 aromatic heterocycles. The Labute approximate surface area is 126 Å². The minimum absolute atomic E-state index is 0.224. The van der Waals surface area contributed by atoms with Crippen LogP contribution in [-0.2, 0) is 4.79 Å². The maximum absolute atomic E-state index is 11.6. The Morgan fingerprint density at radius 3 is 3.19 bits per heavy atom. The molecule has 21 heavy (non-hydrogen) atoms. The van der Waals surface area contributed by atoms with E-state index in [-0.39, 0.29) is 5.25 Å². The lowest BCUT2D eigenvalue weighted by molar-refractivity contribution is -0.144. The van der Waals surface area contributed by atoms with Crippen LogP contribution in [0.3, 0.4) is 0 Å². The molecule has 3 rings (SSSR count). The van der Waals surface area contributed by atoms with Crippen LogP contribution in [0, 0.1) is 0 Å². The Balaban J connectivity index is 1.78. The molecule has 1 aliphatic carbocycles. The number of carbonyl (C=O) groups is 1. The standard InChI is InChI=1S/C13H17N5O2S/c1-2-18-13(12(19)20)4-3-8(5-13)21-11-9-10(15-6-14-9)16-7-17-11/h6-8,18H,2-5H2,1H3,(H,19,20)(H,14,15,16,17). The Bertz CT molecular complexity index is 661. The van der Waals surface area contributed by atoms with E-state index in [2.05, 4.69) is 25.3 Å². The van der Waals surface area contributed by atoms with Crippen LogP contribution >= 0.6 is 11.8 Å². The first kappa shape index (κ1) is 14.3. The number of rotatable bonds is 5. The fraction of sp³-hybridized carbons (Fsp3) is 0.538. The summed E-state index contributed by atoms with van der Waals surface area (Å²) in [4.78, 5) is 27.1. The van der Waals surface area contributed by atoms with Gasteiger partial charge in [0.15, 0.2) is 5.65 Å². The second-order valence-corrected chi connectivity index (χ2v) is 6.47. The molecule has 0 radical (unpaired) electrons. The number of H-pyrrole nitrogens is 1. The summed E-state index contributed by atoms with van der Waals surface area (Å²) in [7, 11) is 0. The second kappa shape index (κ2) is 5.61. The van der Waals surface area contributed by atoms with E-state index in [9.17, 15) is 9.90 Å². The smallest absolute Gasteiger partial charge is 0.323 e. The van der Waals surface area contributed by atoms with E-state index in [4.69, 9.17) is 0 Å². The summed E-state index contributed by atoms with van der Waals surface area (Å²) in [5.41, 5.74) is 0.660. The molecule has 1 fully saturated rings. The number of aliphatic carboxylic acids is 1. The zero-order chi connectivity index (χ0) is 14.9. The molecule has 8 heteroatoms. The summed E-state index contributed by atoms with van der Waals surface area (Å²) < 4.78 is 0. The summed E-state index contributed by atoms with van der Waals surface area (Å²) in [6, 6.07) is 0. The Morgan fingerprint density at radius 1 is 1.57 bits per heavy atom. The minimum Gasteiger partial charge on any atom is -0.480 e. The number of fused-ring (bicyclic) bond motifs is 1. The molecule has 112 valence electrons. The van der Waals surface area contributed by atoms with Gasteiger partial charge in [-0.15, -0.1) is 11.8 Å². The van der Waals surface area contributed by atoms with Crippen molar-refractivity contribution < 1.29 is 9.90 Å². The van der Waals surface area contributed by atoms with E-state index in [0.29, 0.717) is 25.0 Å². The number of likely N-dealkylation sites (N-methyl/N-ethyl adjacent to an activating group) is 1. The first-order chi connectivity index (χ1) is 10.1. The third-order valence-corrected chi connectivity index (χ3v) is 5.13. The molecule has 0 aliphatic heterocycles. The van der Waals surface area contributed by atoms with Gasteiger partial charge in [-0.1, -0.05) is 6.92 Å². The first-order valence-electron chi connectivity index (χ1n) is 6.94. The van der Waals surface area contributed by atoms with Crippen LogP contribution in [0.4, 0.5) is 0 Å². The van der Waals surface area contributed by atoms with Gasteiger partial charge in [0.05, 0.1) is 6.33 Å². The second-order valence-electron chi connectivity index (χ2n) is 5.18. The fourth-order valence-corrected chi connectivity index (χ4v) is 4.16. The zero-order valence-electron chi connectivity index (χ0n) is 11.7. The van der Waals surface area contributed by atoms with Crippen LogP contribution in [0.5, 0.6) is 0 Å². The zero-order valence-corrected chi connectivity index (χ0v) is 12.5. The molecule has 0 bridgehead atoms. The van der Waals surface area contributed by atoms with Gasteiger partial charge in [-0.25, -0.2) is 15.0 Å². The van der Waals surface area contributed by atoms with E-state index in [1.807, 2.05) is 6.92 Å². The number of hydrogen-bond donors (Lipinski definition) is 3. The lowest BCUT2D eigenvalue weighted by Crippen LogP contribution is -2.50. The fourth-order valence-electron chi connectivity index (χ4n) is 2.86. The Hall–Kier alpha value is -1.67. The average molecular weight is 307 g/mol. The molecule has 1 aliphatic rings. The number of nitrogens with zero attached hydrogens (tertiary/aromatic N) is 3. The molecule has 7 nitrogen and oxygen atoms in total. The quantitative estimate of drug-likeness (QED) is 0.718. The first-order valence-corrected chi connectivity index (χ1v) is 7.82. The molecule has 0 amide bonds. The molecular weight excluding hydrogens is 290 g/mol. The van der Waals surface area contributed by atoms with Gasteiger partial charge >= 0.3 is 5.97 Å². The van der Waals surface area contributed by atoms with Crippen molar-refractivity contribution in [3.8, 4) is 0 Å². The van der Waals surface area contributed by atoms with E-state index in [0.717, 1.165) is 17.0 Å². The van der Waals surface area contributed by atoms with Gasteiger partial charge in [-0.3, -0.25) is 4.79 Å². The molecule has 2 aromatic rings. The topological polar surface area (TPSA) is 104 Å². The van der Waals surface area contributed by atoms with Gasteiger partial charge in [0.25, 0.3) is 0 Å². The van der Waals surface area contributed by atoms with Crippen molar-refractivity contribution in [1.82, 2.24) is 25.3 Å². The average Bonchev–Trinajstić information content (AvgIpc) is 3.07. The van der Waals surface area contributed by atoms with Crippen molar-refractivity contribution >= 4 is 28.9 Å². The van der Waals surface area contributed by atoms with E-state index in [1.165, 1.54) is 6.33 Å². The molecule has 3 N–H and O–H groups in total. The van der Waals surface area contributed by atoms with Crippen LogP contribution in [-0.4, -0.2) is 48.3 Å². The maximum atomic E-state index is 11.6. The summed E-state index contributed by atoms with van der Waals surface area (Å²) in [6.45, 7) is 2.59. The van der Waals surface area contributed by atoms with Gasteiger partial charge in [-0.05, 0) is 25.8 Å². The van der Waals surface area contributed by atoms with Crippen LogP contribution in [0.1, 0.15) is 26.2 Å². The highest BCUT2D eigenvalue weighted by Crippen LogP contribution is 2.40. The number of thioether (sulfide) groups is 1. The van der Waals surface area contributed by atoms with Gasteiger partial charge in [-0.2, -0.15) is 0 Å². The number of carboxylic acids is 1. The molecule has 2 unspecified atom stereocenters. The van der Waals surface area contributed by atoms with Crippen LogP contribution in [0.25, 0.3) is 11.2 Å². The highest BCUT2D eigenvalue weighted by molar-refractivity contribution is 8.00. The molecule has 0 saturated heterocycles. The van der Waals surface area contributed by atoms with Crippen LogP contribution in [0.15, 0.2) is 17.7 Å². The third-order valence-electron chi connectivity index (χ3n) is 3.86. The molecule has 1 saturated carbocycles. The molecule has 2 heterocycles. The largest absolute Gasteiger partial charge is 0.480 e. The highest BCUT2D eigenvalue weighted by Gasteiger charge is 2.45. The number of aromatic amines is 1. The van der Waals surface area contributed by atoms with Crippen molar-refractivity contribution in [2.45, 2.75) is 42.0 Å². The SMILES string of the molecule is CCNC1(C(=O)O)CCC(Sc2ncnc3nc[nH]c23)C1. The van der Waals surface area contributed by atoms with Crippen LogP contribution < -0.4 is 5.32 Å². The van der Waals surface area contributed by atoms with Crippen molar-refractivity contribution in [3.05, 3.63) is 12.7 Å². The highest BCUT2D eigenvalue weighted by atomic mass is 32.2. The maximum Gasteiger partial charge on any atom is 0.323 e. The predicted octanol–water partition coefficient (Wildman–Crippen LogP) is 1.43. The van der Waals surface area contributed by atoms with Gasteiger partial charge in [0.1, 0.15) is 22.4 Å². The summed E-state index contributed by atoms with van der Waals surface area (Å²) in [5.74, 6) is -0.762. The molecule has 2 atom stereocenters. The number of carboxylic acid groups (broad SMARTS) is 1. The summed E-state index contributed by atoms with van der Waals surface area (Å²) in [6.07, 6.45) is 5.18. The van der Waals surface area contributed by atoms with Crippen molar-refractivity contribution in [1.29, 1.82) is 0 Å². The summed E-state index contributed by atoms with van der Waals surface area (Å²) in [5, 5.41) is 13.7. The lowest BCUT2D eigenvalue weighted by atomic mass is 9.98. The Kier molecular flexibility index (Phi) is 3.81. The van der Waals surface area contributed by atoms with Crippen LogP contribution in [0.2, 0.25) is 0 Å². The van der Waals surface area contributed by atoms with Crippen molar-refractivity contribution in [2.24, 2.45) is 0 Å². The number of hydrogen-bond acceptors (Lipinski definition) is 6. The Morgan fingerprint density at radius 2 is 2.43 bits per heavy atom. The number of imidazole rings is 1. The lowest BCUT2D eigenvalue weighted by Gasteiger charge is -2.25. The normalized spacial score (nSPS) is 25.5.